The summed E-state index contributed by atoms with van der Waals surface area (Å²) in [6, 6.07) is 0.254. The number of amides is 1. The van der Waals surface area contributed by atoms with Gasteiger partial charge in [0.05, 0.1) is 12.8 Å². The molecule has 0 aromatic carbocycles. The number of aliphatic hydroxyl groups excluding tert-OH is 1. The lowest BCUT2D eigenvalue weighted by Gasteiger charge is -2.27. The van der Waals surface area contributed by atoms with E-state index in [0.717, 1.165) is 25.7 Å². The minimum Gasteiger partial charge on any atom is -0.395 e. The van der Waals surface area contributed by atoms with E-state index in [1.807, 2.05) is 0 Å². The molecule has 1 aliphatic carbocycles. The van der Waals surface area contributed by atoms with Crippen molar-refractivity contribution >= 4 is 5.91 Å². The molecular weight excluding hydrogens is 220 g/mol. The van der Waals surface area contributed by atoms with E-state index < -0.39 is 0 Å². The first kappa shape index (κ1) is 12.1. The van der Waals surface area contributed by atoms with Gasteiger partial charge in [0.15, 0.2) is 0 Å². The zero-order valence-corrected chi connectivity index (χ0v) is 10.1. The lowest BCUT2D eigenvalue weighted by atomic mass is 10.1. The number of hydrogen-bond donors (Lipinski definition) is 1. The highest BCUT2D eigenvalue weighted by molar-refractivity contribution is 5.95. The predicted octanol–water partition coefficient (Wildman–Crippen LogP) is 1.36. The van der Waals surface area contributed by atoms with Crippen molar-refractivity contribution < 1.29 is 14.4 Å². The number of nitrogens with zero attached hydrogens (tertiary/aromatic N) is 2. The molecule has 1 saturated carbocycles. The highest BCUT2D eigenvalue weighted by Crippen LogP contribution is 2.25. The Labute approximate surface area is 100 Å². The van der Waals surface area contributed by atoms with Crippen LogP contribution in [0.3, 0.4) is 0 Å². The fraction of sp³-hybridized carbons (Fsp3) is 0.667. The summed E-state index contributed by atoms with van der Waals surface area (Å²) in [6.45, 7) is 2.10. The lowest BCUT2D eigenvalue weighted by molar-refractivity contribution is 0.0636. The molecule has 1 heterocycles. The summed E-state index contributed by atoms with van der Waals surface area (Å²) in [7, 11) is 0. The maximum atomic E-state index is 12.3. The third-order valence-electron chi connectivity index (χ3n) is 3.35. The summed E-state index contributed by atoms with van der Waals surface area (Å²) in [4.78, 5) is 14.1. The van der Waals surface area contributed by atoms with Crippen molar-refractivity contribution in [2.45, 2.75) is 38.6 Å². The number of aliphatic hydroxyl groups is 1. The van der Waals surface area contributed by atoms with Crippen LogP contribution < -0.4 is 0 Å². The molecule has 0 bridgehead atoms. The van der Waals surface area contributed by atoms with Crippen LogP contribution in [0, 0.1) is 6.92 Å². The Bertz CT molecular complexity index is 383. The first-order valence-electron chi connectivity index (χ1n) is 6.07. The molecule has 2 rings (SSSR count). The summed E-state index contributed by atoms with van der Waals surface area (Å²) in [5.41, 5.74) is 0.505. The Morgan fingerprint density at radius 3 is 2.82 bits per heavy atom. The fourth-order valence-corrected chi connectivity index (χ4v) is 2.43. The number of aryl methyl sites for hydroxylation is 1. The summed E-state index contributed by atoms with van der Waals surface area (Å²) in [5, 5.41) is 12.7. The SMILES string of the molecule is Cc1oncc1C(=O)N(CCO)C1CCCC1. The zero-order chi connectivity index (χ0) is 12.3. The number of rotatable bonds is 4. The van der Waals surface area contributed by atoms with E-state index in [4.69, 9.17) is 9.63 Å². The van der Waals surface area contributed by atoms with Gasteiger partial charge in [0, 0.05) is 12.6 Å². The van der Waals surface area contributed by atoms with Gasteiger partial charge in [0.1, 0.15) is 11.3 Å². The van der Waals surface area contributed by atoms with Crippen LogP contribution in [0.1, 0.15) is 41.8 Å². The molecule has 0 unspecified atom stereocenters. The van der Waals surface area contributed by atoms with Gasteiger partial charge in [-0.2, -0.15) is 0 Å². The maximum Gasteiger partial charge on any atom is 0.259 e. The van der Waals surface area contributed by atoms with Crippen LogP contribution in [-0.4, -0.2) is 40.3 Å². The normalized spacial score (nSPS) is 16.4. The standard InChI is InChI=1S/C12H18N2O3/c1-9-11(8-13-17-9)12(16)14(6-7-15)10-4-2-3-5-10/h8,10,15H,2-7H2,1H3. The molecule has 1 aliphatic rings. The molecule has 0 aliphatic heterocycles. The summed E-state index contributed by atoms with van der Waals surface area (Å²) >= 11 is 0. The van der Waals surface area contributed by atoms with E-state index in [0.29, 0.717) is 17.9 Å². The lowest BCUT2D eigenvalue weighted by Crippen LogP contribution is -2.40. The molecule has 94 valence electrons. The third-order valence-corrected chi connectivity index (χ3v) is 3.35. The average Bonchev–Trinajstić information content (AvgIpc) is 2.95. The molecule has 0 spiro atoms. The van der Waals surface area contributed by atoms with Gasteiger partial charge in [-0.25, -0.2) is 0 Å². The van der Waals surface area contributed by atoms with Crippen LogP contribution >= 0.6 is 0 Å². The molecule has 0 atom stereocenters. The van der Waals surface area contributed by atoms with Gasteiger partial charge in [-0.15, -0.1) is 0 Å². The molecule has 5 nitrogen and oxygen atoms in total. The van der Waals surface area contributed by atoms with Crippen LogP contribution in [0.4, 0.5) is 0 Å². The predicted molar refractivity (Wildman–Crippen MR) is 61.6 cm³/mol. The molecular formula is C12H18N2O3. The second kappa shape index (κ2) is 5.31. The van der Waals surface area contributed by atoms with Gasteiger partial charge in [0.2, 0.25) is 0 Å². The third kappa shape index (κ3) is 2.49. The van der Waals surface area contributed by atoms with Crippen molar-refractivity contribution in [1.82, 2.24) is 10.1 Å². The molecule has 1 aromatic rings. The van der Waals surface area contributed by atoms with Gasteiger partial charge in [0.25, 0.3) is 5.91 Å². The Hall–Kier alpha value is -1.36. The Morgan fingerprint density at radius 2 is 2.29 bits per heavy atom. The highest BCUT2D eigenvalue weighted by Gasteiger charge is 2.28. The maximum absolute atomic E-state index is 12.3. The average molecular weight is 238 g/mol. The topological polar surface area (TPSA) is 66.6 Å². The minimum atomic E-state index is -0.0790. The van der Waals surface area contributed by atoms with Crippen molar-refractivity contribution in [3.63, 3.8) is 0 Å². The van der Waals surface area contributed by atoms with E-state index in [-0.39, 0.29) is 18.6 Å². The van der Waals surface area contributed by atoms with E-state index in [1.54, 1.807) is 11.8 Å². The summed E-state index contributed by atoms with van der Waals surface area (Å²) < 4.78 is 4.92. The summed E-state index contributed by atoms with van der Waals surface area (Å²) in [6.07, 6.45) is 5.81. The number of carbonyl (C=O) groups is 1. The van der Waals surface area contributed by atoms with Crippen molar-refractivity contribution in [2.24, 2.45) is 0 Å². The van der Waals surface area contributed by atoms with Crippen molar-refractivity contribution in [1.29, 1.82) is 0 Å². The second-order valence-electron chi connectivity index (χ2n) is 4.46. The van der Waals surface area contributed by atoms with Crippen LogP contribution in [0.25, 0.3) is 0 Å². The first-order chi connectivity index (χ1) is 8.24. The van der Waals surface area contributed by atoms with Gasteiger partial charge in [-0.3, -0.25) is 4.79 Å². The van der Waals surface area contributed by atoms with Gasteiger partial charge >= 0.3 is 0 Å². The Balaban J connectivity index is 2.15. The number of hydrogen-bond acceptors (Lipinski definition) is 4. The van der Waals surface area contributed by atoms with E-state index in [1.165, 1.54) is 6.20 Å². The van der Waals surface area contributed by atoms with Gasteiger partial charge in [-0.05, 0) is 19.8 Å². The molecule has 0 radical (unpaired) electrons. The Kier molecular flexibility index (Phi) is 3.78. The van der Waals surface area contributed by atoms with Crippen LogP contribution in [0.2, 0.25) is 0 Å². The minimum absolute atomic E-state index is 0.00737. The van der Waals surface area contributed by atoms with E-state index >= 15 is 0 Å². The van der Waals surface area contributed by atoms with Crippen molar-refractivity contribution in [2.75, 3.05) is 13.2 Å². The Morgan fingerprint density at radius 1 is 1.59 bits per heavy atom. The molecule has 0 saturated heterocycles. The molecule has 1 N–H and O–H groups in total. The van der Waals surface area contributed by atoms with E-state index in [2.05, 4.69) is 5.16 Å². The van der Waals surface area contributed by atoms with Gasteiger partial charge in [-0.1, -0.05) is 18.0 Å². The van der Waals surface area contributed by atoms with Crippen LogP contribution in [0.15, 0.2) is 10.7 Å². The number of aromatic nitrogens is 1. The van der Waals surface area contributed by atoms with Crippen molar-refractivity contribution in [3.8, 4) is 0 Å². The fourth-order valence-electron chi connectivity index (χ4n) is 2.43. The molecule has 17 heavy (non-hydrogen) atoms. The first-order valence-corrected chi connectivity index (χ1v) is 6.07. The monoisotopic (exact) mass is 238 g/mol. The smallest absolute Gasteiger partial charge is 0.259 e. The molecule has 1 amide bonds. The zero-order valence-electron chi connectivity index (χ0n) is 10.1. The second-order valence-corrected chi connectivity index (χ2v) is 4.46. The molecule has 5 heteroatoms. The van der Waals surface area contributed by atoms with E-state index in [9.17, 15) is 4.79 Å². The highest BCUT2D eigenvalue weighted by atomic mass is 16.5. The molecule has 1 aromatic heterocycles. The number of carbonyl (C=O) groups excluding carboxylic acids is 1. The summed E-state index contributed by atoms with van der Waals surface area (Å²) in [5.74, 6) is 0.459. The largest absolute Gasteiger partial charge is 0.395 e. The van der Waals surface area contributed by atoms with Crippen LogP contribution in [0.5, 0.6) is 0 Å². The van der Waals surface area contributed by atoms with Gasteiger partial charge < -0.3 is 14.5 Å². The quantitative estimate of drug-likeness (QED) is 0.860. The molecule has 1 fully saturated rings. The van der Waals surface area contributed by atoms with Crippen molar-refractivity contribution in [3.05, 3.63) is 17.5 Å². The van der Waals surface area contributed by atoms with Crippen LogP contribution in [-0.2, 0) is 0 Å².